The molecule has 1 heterocycles. The molecule has 2 aliphatic rings. The van der Waals surface area contributed by atoms with Gasteiger partial charge in [0.25, 0.3) is 0 Å². The number of amides is 1. The summed E-state index contributed by atoms with van der Waals surface area (Å²) in [7, 11) is 0. The fourth-order valence-corrected chi connectivity index (χ4v) is 2.18. The molecule has 3 nitrogen and oxygen atoms in total. The van der Waals surface area contributed by atoms with Gasteiger partial charge in [-0.15, -0.1) is 12.4 Å². The van der Waals surface area contributed by atoms with Gasteiger partial charge in [-0.3, -0.25) is 4.79 Å². The number of carbonyl (C=O) groups excluding carboxylic acids is 1. The van der Waals surface area contributed by atoms with E-state index < -0.39 is 0 Å². The molecule has 0 aromatic heterocycles. The van der Waals surface area contributed by atoms with Crippen LogP contribution in [0.1, 0.15) is 39.5 Å². The molecule has 17 heavy (non-hydrogen) atoms. The summed E-state index contributed by atoms with van der Waals surface area (Å²) in [5.74, 6) is 1.14. The molecule has 2 rings (SSSR count). The number of likely N-dealkylation sites (tertiary alicyclic amines) is 1. The first-order chi connectivity index (χ1) is 7.57. The van der Waals surface area contributed by atoms with Crippen LogP contribution in [0.15, 0.2) is 0 Å². The van der Waals surface area contributed by atoms with E-state index in [1.165, 1.54) is 12.8 Å². The van der Waals surface area contributed by atoms with Gasteiger partial charge in [0.05, 0.1) is 6.54 Å². The Kier molecular flexibility index (Phi) is 5.26. The number of halogens is 1. The SMILES string of the molecule is CC1(C)CCN(C(=O)CNCC2CC2)CC1.Cl. The second-order valence-corrected chi connectivity index (χ2v) is 6.12. The predicted molar refractivity (Wildman–Crippen MR) is 72.4 cm³/mol. The lowest BCUT2D eigenvalue weighted by atomic mass is 9.83. The van der Waals surface area contributed by atoms with Crippen LogP contribution in [0.5, 0.6) is 0 Å². The fourth-order valence-electron chi connectivity index (χ4n) is 2.18. The van der Waals surface area contributed by atoms with Crippen LogP contribution in [-0.4, -0.2) is 37.0 Å². The van der Waals surface area contributed by atoms with Gasteiger partial charge < -0.3 is 10.2 Å². The van der Waals surface area contributed by atoms with Crippen LogP contribution in [-0.2, 0) is 4.79 Å². The summed E-state index contributed by atoms with van der Waals surface area (Å²) in [6.07, 6.45) is 4.97. The molecular weight excluding hydrogens is 236 g/mol. The molecule has 0 bridgehead atoms. The summed E-state index contributed by atoms with van der Waals surface area (Å²) < 4.78 is 0. The van der Waals surface area contributed by atoms with Crippen LogP contribution in [0.4, 0.5) is 0 Å². The van der Waals surface area contributed by atoms with Gasteiger partial charge in [0.2, 0.25) is 5.91 Å². The van der Waals surface area contributed by atoms with Crippen LogP contribution >= 0.6 is 12.4 Å². The van der Waals surface area contributed by atoms with E-state index in [0.717, 1.165) is 38.4 Å². The van der Waals surface area contributed by atoms with Crippen LogP contribution in [0, 0.1) is 11.3 Å². The molecule has 1 saturated carbocycles. The number of carbonyl (C=O) groups is 1. The zero-order chi connectivity index (χ0) is 11.6. The minimum absolute atomic E-state index is 0. The zero-order valence-corrected chi connectivity index (χ0v) is 11.8. The van der Waals surface area contributed by atoms with Gasteiger partial charge in [-0.05, 0) is 43.6 Å². The highest BCUT2D eigenvalue weighted by Crippen LogP contribution is 2.29. The Labute approximate surface area is 111 Å². The molecule has 4 heteroatoms. The second-order valence-electron chi connectivity index (χ2n) is 6.12. The normalized spacial score (nSPS) is 23.1. The van der Waals surface area contributed by atoms with E-state index in [1.807, 2.05) is 4.90 Å². The van der Waals surface area contributed by atoms with Crippen molar-refractivity contribution in [3.05, 3.63) is 0 Å². The standard InChI is InChI=1S/C13H24N2O.ClH/c1-13(2)5-7-15(8-6-13)12(16)10-14-9-11-3-4-11;/h11,14H,3-10H2,1-2H3;1H. The van der Waals surface area contributed by atoms with Crippen molar-refractivity contribution >= 4 is 18.3 Å². The van der Waals surface area contributed by atoms with Gasteiger partial charge >= 0.3 is 0 Å². The molecule has 100 valence electrons. The van der Waals surface area contributed by atoms with Crippen LogP contribution in [0.25, 0.3) is 0 Å². The Morgan fingerprint density at radius 2 is 1.88 bits per heavy atom. The summed E-state index contributed by atoms with van der Waals surface area (Å²) in [5.41, 5.74) is 0.429. The second kappa shape index (κ2) is 6.05. The molecule has 1 aliphatic carbocycles. The van der Waals surface area contributed by atoms with Crippen molar-refractivity contribution in [2.45, 2.75) is 39.5 Å². The number of hydrogen-bond donors (Lipinski definition) is 1. The monoisotopic (exact) mass is 260 g/mol. The van der Waals surface area contributed by atoms with E-state index in [4.69, 9.17) is 0 Å². The van der Waals surface area contributed by atoms with Gasteiger partial charge in [0.15, 0.2) is 0 Å². The summed E-state index contributed by atoms with van der Waals surface area (Å²) >= 11 is 0. The molecule has 0 aromatic rings. The van der Waals surface area contributed by atoms with Crippen molar-refractivity contribution in [3.8, 4) is 0 Å². The average molecular weight is 261 g/mol. The molecule has 1 aliphatic heterocycles. The van der Waals surface area contributed by atoms with E-state index in [1.54, 1.807) is 0 Å². The number of piperidine rings is 1. The number of nitrogens with zero attached hydrogens (tertiary/aromatic N) is 1. The van der Waals surface area contributed by atoms with E-state index in [-0.39, 0.29) is 18.3 Å². The van der Waals surface area contributed by atoms with Crippen molar-refractivity contribution in [1.29, 1.82) is 0 Å². The average Bonchev–Trinajstić information content (AvgIpc) is 3.01. The van der Waals surface area contributed by atoms with Gasteiger partial charge in [0, 0.05) is 13.1 Å². The smallest absolute Gasteiger partial charge is 0.236 e. The van der Waals surface area contributed by atoms with Crippen molar-refractivity contribution < 1.29 is 4.79 Å². The molecule has 0 atom stereocenters. The fraction of sp³-hybridized carbons (Fsp3) is 0.923. The quantitative estimate of drug-likeness (QED) is 0.839. The summed E-state index contributed by atoms with van der Waals surface area (Å²) in [5, 5.41) is 3.27. The number of hydrogen-bond acceptors (Lipinski definition) is 2. The Hall–Kier alpha value is -0.280. The molecule has 0 radical (unpaired) electrons. The minimum atomic E-state index is 0. The third-order valence-corrected chi connectivity index (χ3v) is 3.88. The van der Waals surface area contributed by atoms with Crippen molar-refractivity contribution in [2.75, 3.05) is 26.2 Å². The molecule has 0 unspecified atom stereocenters. The maximum atomic E-state index is 11.9. The van der Waals surface area contributed by atoms with Gasteiger partial charge in [0.1, 0.15) is 0 Å². The molecular formula is C13H25ClN2O. The summed E-state index contributed by atoms with van der Waals surface area (Å²) in [6.45, 7) is 8.04. The molecule has 0 aromatic carbocycles. The lowest BCUT2D eigenvalue weighted by Gasteiger charge is -2.37. The van der Waals surface area contributed by atoms with E-state index in [2.05, 4.69) is 19.2 Å². The Balaban J connectivity index is 0.00000144. The van der Waals surface area contributed by atoms with E-state index in [0.29, 0.717) is 12.0 Å². The first-order valence-corrected chi connectivity index (χ1v) is 6.55. The van der Waals surface area contributed by atoms with Gasteiger partial charge in [-0.2, -0.15) is 0 Å². The van der Waals surface area contributed by atoms with E-state index >= 15 is 0 Å². The molecule has 1 N–H and O–H groups in total. The summed E-state index contributed by atoms with van der Waals surface area (Å²) in [6, 6.07) is 0. The summed E-state index contributed by atoms with van der Waals surface area (Å²) in [4.78, 5) is 13.9. The van der Waals surface area contributed by atoms with E-state index in [9.17, 15) is 4.79 Å². The number of nitrogens with one attached hydrogen (secondary N) is 1. The predicted octanol–water partition coefficient (Wildman–Crippen LogP) is 2.06. The molecule has 2 fully saturated rings. The van der Waals surface area contributed by atoms with Gasteiger partial charge in [-0.1, -0.05) is 13.8 Å². The Morgan fingerprint density at radius 1 is 1.29 bits per heavy atom. The van der Waals surface area contributed by atoms with Crippen LogP contribution < -0.4 is 5.32 Å². The Bertz CT molecular complexity index is 254. The van der Waals surface area contributed by atoms with Crippen LogP contribution in [0.3, 0.4) is 0 Å². The minimum Gasteiger partial charge on any atom is -0.342 e. The van der Waals surface area contributed by atoms with Gasteiger partial charge in [-0.25, -0.2) is 0 Å². The van der Waals surface area contributed by atoms with Crippen LogP contribution in [0.2, 0.25) is 0 Å². The van der Waals surface area contributed by atoms with Crippen molar-refractivity contribution in [2.24, 2.45) is 11.3 Å². The number of rotatable bonds is 4. The third-order valence-electron chi connectivity index (χ3n) is 3.88. The Morgan fingerprint density at radius 3 is 2.41 bits per heavy atom. The highest BCUT2D eigenvalue weighted by molar-refractivity contribution is 5.85. The van der Waals surface area contributed by atoms with Crippen molar-refractivity contribution in [1.82, 2.24) is 10.2 Å². The molecule has 1 amide bonds. The van der Waals surface area contributed by atoms with Crippen molar-refractivity contribution in [3.63, 3.8) is 0 Å². The lowest BCUT2D eigenvalue weighted by Crippen LogP contribution is -2.45. The maximum Gasteiger partial charge on any atom is 0.236 e. The molecule has 1 saturated heterocycles. The zero-order valence-electron chi connectivity index (χ0n) is 11.0. The largest absolute Gasteiger partial charge is 0.342 e. The lowest BCUT2D eigenvalue weighted by molar-refractivity contribution is -0.132. The first-order valence-electron chi connectivity index (χ1n) is 6.55. The first kappa shape index (κ1) is 14.8. The highest BCUT2D eigenvalue weighted by atomic mass is 35.5. The highest BCUT2D eigenvalue weighted by Gasteiger charge is 2.27. The topological polar surface area (TPSA) is 32.3 Å². The molecule has 0 spiro atoms. The maximum absolute atomic E-state index is 11.9. The third kappa shape index (κ3) is 4.84.